The van der Waals surface area contributed by atoms with Crippen LogP contribution >= 0.6 is 8.53 Å². The second-order valence-electron chi connectivity index (χ2n) is 11.4. The molecule has 0 aliphatic heterocycles. The SMILES string of the molecule is COc1ccc(C(OCC(COP(OCCC#N)N(C(C)C)C(C)C)CC(C)=O)(c2ccccc2)c2ccc(OC)cc2)cc1. The second kappa shape index (κ2) is 18.0. The molecule has 0 fully saturated rings. The van der Waals surface area contributed by atoms with Crippen molar-refractivity contribution in [2.45, 2.75) is 65.1 Å². The van der Waals surface area contributed by atoms with Crippen LogP contribution in [-0.2, 0) is 24.2 Å². The third-order valence-corrected chi connectivity index (χ3v) is 9.44. The Morgan fingerprint density at radius 2 is 1.31 bits per heavy atom. The number of methoxy groups -OCH3 is 2. The largest absolute Gasteiger partial charge is 0.497 e. The summed E-state index contributed by atoms with van der Waals surface area (Å²) in [6.07, 6.45) is 0.552. The van der Waals surface area contributed by atoms with Gasteiger partial charge in [-0.3, -0.25) is 0 Å². The number of nitriles is 1. The smallest absolute Gasteiger partial charge is 0.259 e. The summed E-state index contributed by atoms with van der Waals surface area (Å²) in [6.45, 7) is 10.7. The Morgan fingerprint density at radius 1 is 0.800 bits per heavy atom. The zero-order valence-electron chi connectivity index (χ0n) is 27.6. The minimum atomic E-state index is -1.47. The third kappa shape index (κ3) is 9.84. The predicted molar refractivity (Wildman–Crippen MR) is 178 cm³/mol. The van der Waals surface area contributed by atoms with Gasteiger partial charge in [0.1, 0.15) is 22.9 Å². The fraction of sp³-hybridized carbons (Fsp3) is 0.444. The van der Waals surface area contributed by atoms with Crippen LogP contribution in [0.4, 0.5) is 0 Å². The molecule has 0 N–H and O–H groups in total. The van der Waals surface area contributed by atoms with Crippen LogP contribution in [0.5, 0.6) is 11.5 Å². The van der Waals surface area contributed by atoms with Crippen LogP contribution in [0.1, 0.15) is 64.2 Å². The quantitative estimate of drug-likeness (QED) is 0.0747. The molecule has 0 radical (unpaired) electrons. The van der Waals surface area contributed by atoms with Crippen LogP contribution in [0, 0.1) is 17.2 Å². The van der Waals surface area contributed by atoms with Gasteiger partial charge < -0.3 is 28.1 Å². The van der Waals surface area contributed by atoms with E-state index in [4.69, 9.17) is 28.5 Å². The Bertz CT molecular complexity index is 1290. The molecule has 0 saturated carbocycles. The molecule has 3 aromatic carbocycles. The Morgan fingerprint density at radius 3 is 1.76 bits per heavy atom. The average Bonchev–Trinajstić information content (AvgIpc) is 3.04. The number of hydrogen-bond donors (Lipinski definition) is 0. The summed E-state index contributed by atoms with van der Waals surface area (Å²) >= 11 is 0. The van der Waals surface area contributed by atoms with E-state index >= 15 is 0 Å². The van der Waals surface area contributed by atoms with Gasteiger partial charge in [0.25, 0.3) is 8.53 Å². The lowest BCUT2D eigenvalue weighted by Crippen LogP contribution is -2.36. The molecule has 0 spiro atoms. The van der Waals surface area contributed by atoms with Crippen LogP contribution in [0.3, 0.4) is 0 Å². The molecule has 3 rings (SSSR count). The van der Waals surface area contributed by atoms with E-state index in [9.17, 15) is 4.79 Å². The Labute approximate surface area is 270 Å². The summed E-state index contributed by atoms with van der Waals surface area (Å²) in [4.78, 5) is 12.5. The van der Waals surface area contributed by atoms with Gasteiger partial charge in [0, 0.05) is 24.4 Å². The number of carbonyl (C=O) groups is 1. The second-order valence-corrected chi connectivity index (χ2v) is 12.9. The first-order valence-electron chi connectivity index (χ1n) is 15.3. The summed E-state index contributed by atoms with van der Waals surface area (Å²) in [5.41, 5.74) is 1.76. The summed E-state index contributed by atoms with van der Waals surface area (Å²) in [7, 11) is 1.82. The highest BCUT2D eigenvalue weighted by Gasteiger charge is 2.39. The van der Waals surface area contributed by atoms with E-state index in [0.29, 0.717) is 0 Å². The van der Waals surface area contributed by atoms with Crippen molar-refractivity contribution in [3.05, 3.63) is 95.6 Å². The van der Waals surface area contributed by atoms with Gasteiger partial charge in [-0.2, -0.15) is 5.26 Å². The summed E-state index contributed by atoms with van der Waals surface area (Å²) < 4.78 is 32.8. The van der Waals surface area contributed by atoms with Crippen molar-refractivity contribution in [1.29, 1.82) is 5.26 Å². The first-order valence-corrected chi connectivity index (χ1v) is 16.5. The fourth-order valence-corrected chi connectivity index (χ4v) is 7.05. The number of nitrogens with zero attached hydrogens (tertiary/aromatic N) is 2. The lowest BCUT2D eigenvalue weighted by atomic mass is 9.80. The zero-order valence-corrected chi connectivity index (χ0v) is 28.5. The molecule has 3 aromatic rings. The van der Waals surface area contributed by atoms with Gasteiger partial charge in [0.05, 0.1) is 46.5 Å². The Kier molecular flexibility index (Phi) is 14.5. The van der Waals surface area contributed by atoms with Gasteiger partial charge in [0.2, 0.25) is 0 Å². The summed E-state index contributed by atoms with van der Waals surface area (Å²) in [5.74, 6) is 1.27. The molecule has 0 aliphatic rings. The van der Waals surface area contributed by atoms with Crippen LogP contribution < -0.4 is 9.47 Å². The van der Waals surface area contributed by atoms with Gasteiger partial charge in [-0.1, -0.05) is 54.6 Å². The number of carbonyl (C=O) groups excluding carboxylic acids is 1. The molecule has 0 saturated heterocycles. The fourth-order valence-electron chi connectivity index (χ4n) is 5.37. The molecule has 0 bridgehead atoms. The van der Waals surface area contributed by atoms with Crippen molar-refractivity contribution in [3.8, 4) is 17.6 Å². The molecular formula is C36H47N2O6P. The molecule has 0 aromatic heterocycles. The maximum Gasteiger partial charge on any atom is 0.259 e. The van der Waals surface area contributed by atoms with Gasteiger partial charge in [0.15, 0.2) is 0 Å². The Hall–Kier alpha value is -3.31. The van der Waals surface area contributed by atoms with Crippen LogP contribution in [-0.4, -0.2) is 56.6 Å². The van der Waals surface area contributed by atoms with Crippen molar-refractivity contribution in [2.75, 3.05) is 34.0 Å². The van der Waals surface area contributed by atoms with E-state index < -0.39 is 14.1 Å². The van der Waals surface area contributed by atoms with Crippen molar-refractivity contribution in [3.63, 3.8) is 0 Å². The molecule has 0 heterocycles. The highest BCUT2D eigenvalue weighted by atomic mass is 31.2. The average molecular weight is 635 g/mol. The van der Waals surface area contributed by atoms with E-state index in [1.807, 2.05) is 66.7 Å². The summed E-state index contributed by atoms with van der Waals surface area (Å²) in [6, 6.07) is 28.3. The highest BCUT2D eigenvalue weighted by Crippen LogP contribution is 2.47. The van der Waals surface area contributed by atoms with Gasteiger partial charge in [-0.05, 0) is 75.6 Å². The van der Waals surface area contributed by atoms with Gasteiger partial charge >= 0.3 is 0 Å². The van der Waals surface area contributed by atoms with E-state index in [1.165, 1.54) is 0 Å². The number of ketones is 1. The van der Waals surface area contributed by atoms with Gasteiger partial charge in [-0.15, -0.1) is 0 Å². The lowest BCUT2D eigenvalue weighted by Gasteiger charge is -2.38. The number of hydrogen-bond acceptors (Lipinski definition) is 8. The molecular weight excluding hydrogens is 587 g/mol. The first kappa shape index (κ1) is 36.2. The lowest BCUT2D eigenvalue weighted by molar-refractivity contribution is -0.119. The topological polar surface area (TPSA) is 90.3 Å². The van der Waals surface area contributed by atoms with Crippen molar-refractivity contribution in [1.82, 2.24) is 4.67 Å². The van der Waals surface area contributed by atoms with Crippen molar-refractivity contribution >= 4 is 14.3 Å². The number of benzene rings is 3. The minimum Gasteiger partial charge on any atom is -0.497 e. The van der Waals surface area contributed by atoms with E-state index in [1.54, 1.807) is 21.1 Å². The Balaban J connectivity index is 2.03. The molecule has 9 heteroatoms. The molecule has 8 nitrogen and oxygen atoms in total. The predicted octanol–water partition coefficient (Wildman–Crippen LogP) is 7.90. The van der Waals surface area contributed by atoms with Gasteiger partial charge in [-0.25, -0.2) is 4.67 Å². The third-order valence-electron chi connectivity index (χ3n) is 7.37. The van der Waals surface area contributed by atoms with Crippen molar-refractivity contribution in [2.24, 2.45) is 5.92 Å². The van der Waals surface area contributed by atoms with Crippen LogP contribution in [0.15, 0.2) is 78.9 Å². The molecule has 0 aliphatic carbocycles. The van der Waals surface area contributed by atoms with E-state index in [2.05, 4.69) is 50.6 Å². The summed E-state index contributed by atoms with van der Waals surface area (Å²) in [5, 5.41) is 9.09. The molecule has 242 valence electrons. The van der Waals surface area contributed by atoms with Crippen LogP contribution in [0.25, 0.3) is 0 Å². The van der Waals surface area contributed by atoms with Crippen molar-refractivity contribution < 1.29 is 28.1 Å². The maximum atomic E-state index is 12.5. The van der Waals surface area contributed by atoms with Crippen LogP contribution in [0.2, 0.25) is 0 Å². The highest BCUT2D eigenvalue weighted by molar-refractivity contribution is 7.44. The molecule has 45 heavy (non-hydrogen) atoms. The molecule has 0 amide bonds. The molecule has 2 unspecified atom stereocenters. The number of Topliss-reactive ketones (excluding diaryl/α,β-unsaturated/α-hetero) is 1. The zero-order chi connectivity index (χ0) is 32.8. The normalized spacial score (nSPS) is 13.1. The van der Waals surface area contributed by atoms with E-state index in [-0.39, 0.29) is 56.4 Å². The molecule has 2 atom stereocenters. The number of ether oxygens (including phenoxy) is 3. The number of rotatable bonds is 19. The minimum absolute atomic E-state index is 0.0470. The standard InChI is InChI=1S/C36H47N2O6P/c1-27(2)38(28(3)4)45(43-23-11-22-37)44-26-30(24-29(5)39)25-42-36(31-12-9-8-10-13-31,32-14-18-34(40-6)19-15-32)33-16-20-35(41-7)21-17-33/h8-10,12-21,27-28,30H,11,23-26H2,1-7H3. The monoisotopic (exact) mass is 634 g/mol. The van der Waals surface area contributed by atoms with E-state index in [0.717, 1.165) is 28.2 Å². The maximum absolute atomic E-state index is 12.5. The first-order chi connectivity index (χ1) is 21.7.